The summed E-state index contributed by atoms with van der Waals surface area (Å²) in [5.74, 6) is 0.900. The van der Waals surface area contributed by atoms with E-state index in [4.69, 9.17) is 0 Å². The molecule has 0 aliphatic heterocycles. The molecule has 2 N–H and O–H groups in total. The number of hydrogen-bond acceptors (Lipinski definition) is 2. The molecule has 0 atom stereocenters. The number of nitrogens with one attached hydrogen (secondary N) is 2. The topological polar surface area (TPSA) is 57.8 Å². The number of rotatable bonds is 4. The molecule has 0 bridgehead atoms. The van der Waals surface area contributed by atoms with Gasteiger partial charge in [0.15, 0.2) is 0 Å². The van der Waals surface area contributed by atoms with Gasteiger partial charge in [0, 0.05) is 0 Å². The summed E-state index contributed by atoms with van der Waals surface area (Å²) in [5.41, 5.74) is 2.69. The van der Waals surface area contributed by atoms with E-state index in [-0.39, 0.29) is 11.3 Å². The molecular formula is C19H19N3O. The Hall–Kier alpha value is -2.62. The van der Waals surface area contributed by atoms with Gasteiger partial charge in [0.05, 0.1) is 23.0 Å². The highest BCUT2D eigenvalue weighted by molar-refractivity contribution is 5.89. The van der Waals surface area contributed by atoms with E-state index >= 15 is 0 Å². The zero-order valence-electron chi connectivity index (χ0n) is 12.9. The van der Waals surface area contributed by atoms with E-state index in [1.807, 2.05) is 42.5 Å². The fraction of sp³-hybridized carbons (Fsp3) is 0.263. The van der Waals surface area contributed by atoms with Crippen LogP contribution in [-0.4, -0.2) is 15.9 Å². The van der Waals surface area contributed by atoms with Crippen LogP contribution in [0, 0.1) is 0 Å². The second kappa shape index (κ2) is 5.54. The monoisotopic (exact) mass is 305 g/mol. The summed E-state index contributed by atoms with van der Waals surface area (Å²) in [6.45, 7) is 0.433. The third kappa shape index (κ3) is 2.40. The van der Waals surface area contributed by atoms with Crippen LogP contribution in [0.25, 0.3) is 11.0 Å². The van der Waals surface area contributed by atoms with Crippen LogP contribution >= 0.6 is 0 Å². The molecule has 0 unspecified atom stereocenters. The average Bonchev–Trinajstić information content (AvgIpc) is 2.96. The Morgan fingerprint density at radius 1 is 1.09 bits per heavy atom. The number of H-pyrrole nitrogens is 1. The number of carbonyl (C=O) groups is 1. The lowest BCUT2D eigenvalue weighted by Gasteiger charge is -2.40. The zero-order chi connectivity index (χ0) is 15.7. The second-order valence-electron chi connectivity index (χ2n) is 6.19. The van der Waals surface area contributed by atoms with Gasteiger partial charge in [0.2, 0.25) is 5.91 Å². The number of aromatic nitrogens is 2. The van der Waals surface area contributed by atoms with Gasteiger partial charge in [0.1, 0.15) is 5.82 Å². The predicted molar refractivity (Wildman–Crippen MR) is 89.9 cm³/mol. The summed E-state index contributed by atoms with van der Waals surface area (Å²) < 4.78 is 0. The molecule has 2 aromatic carbocycles. The first-order valence-corrected chi connectivity index (χ1v) is 8.05. The zero-order valence-corrected chi connectivity index (χ0v) is 12.9. The molecule has 1 aliphatic carbocycles. The minimum absolute atomic E-state index is 0.107. The molecule has 1 fully saturated rings. The Bertz CT molecular complexity index is 801. The number of para-hydroxylation sites is 2. The first-order chi connectivity index (χ1) is 11.3. The maximum absolute atomic E-state index is 12.8. The number of aromatic amines is 1. The van der Waals surface area contributed by atoms with Gasteiger partial charge in [-0.2, -0.15) is 0 Å². The summed E-state index contributed by atoms with van der Waals surface area (Å²) in [5, 5.41) is 3.07. The van der Waals surface area contributed by atoms with Crippen LogP contribution in [0.2, 0.25) is 0 Å². The van der Waals surface area contributed by atoms with Crippen LogP contribution in [0.1, 0.15) is 30.7 Å². The molecule has 3 aromatic rings. The first-order valence-electron chi connectivity index (χ1n) is 8.05. The molecule has 0 radical (unpaired) electrons. The van der Waals surface area contributed by atoms with Crippen molar-refractivity contribution in [1.82, 2.24) is 15.3 Å². The molecule has 23 heavy (non-hydrogen) atoms. The highest BCUT2D eigenvalue weighted by atomic mass is 16.2. The lowest BCUT2D eigenvalue weighted by Crippen LogP contribution is -2.49. The van der Waals surface area contributed by atoms with Crippen LogP contribution in [-0.2, 0) is 16.8 Å². The van der Waals surface area contributed by atoms with Crippen molar-refractivity contribution < 1.29 is 4.79 Å². The Labute approximate surface area is 134 Å². The second-order valence-corrected chi connectivity index (χ2v) is 6.19. The largest absolute Gasteiger partial charge is 0.348 e. The van der Waals surface area contributed by atoms with Crippen molar-refractivity contribution >= 4 is 16.9 Å². The van der Waals surface area contributed by atoms with Gasteiger partial charge in [-0.15, -0.1) is 0 Å². The highest BCUT2D eigenvalue weighted by Gasteiger charge is 2.45. The quantitative estimate of drug-likeness (QED) is 0.777. The van der Waals surface area contributed by atoms with E-state index in [2.05, 4.69) is 27.4 Å². The molecule has 1 aliphatic rings. The molecule has 0 spiro atoms. The minimum Gasteiger partial charge on any atom is -0.348 e. The number of fused-ring (bicyclic) bond motifs is 1. The first kappa shape index (κ1) is 14.0. The molecular weight excluding hydrogens is 286 g/mol. The molecule has 4 rings (SSSR count). The van der Waals surface area contributed by atoms with Crippen molar-refractivity contribution in [3.8, 4) is 0 Å². The molecule has 1 amide bonds. The van der Waals surface area contributed by atoms with Gasteiger partial charge in [-0.1, -0.05) is 48.9 Å². The van der Waals surface area contributed by atoms with E-state index in [1.165, 1.54) is 0 Å². The van der Waals surface area contributed by atoms with Gasteiger partial charge in [0.25, 0.3) is 0 Å². The number of imidazole rings is 1. The van der Waals surface area contributed by atoms with Crippen LogP contribution in [0.4, 0.5) is 0 Å². The normalized spacial score (nSPS) is 16.0. The lowest BCUT2D eigenvalue weighted by atomic mass is 9.64. The highest BCUT2D eigenvalue weighted by Crippen LogP contribution is 2.43. The summed E-state index contributed by atoms with van der Waals surface area (Å²) in [6.07, 6.45) is 2.94. The predicted octanol–water partition coefficient (Wildman–Crippen LogP) is 3.30. The summed E-state index contributed by atoms with van der Waals surface area (Å²) in [7, 11) is 0. The van der Waals surface area contributed by atoms with E-state index in [0.29, 0.717) is 6.54 Å². The molecule has 4 nitrogen and oxygen atoms in total. The molecule has 1 aromatic heterocycles. The standard InChI is InChI=1S/C19H19N3O/c23-18(19(11-6-12-19)14-7-2-1-3-8-14)20-13-17-21-15-9-4-5-10-16(15)22-17/h1-5,7-10H,6,11-13H2,(H,20,23)(H,21,22). The van der Waals surface area contributed by atoms with Gasteiger partial charge < -0.3 is 10.3 Å². The van der Waals surface area contributed by atoms with Crippen molar-refractivity contribution in [3.63, 3.8) is 0 Å². The number of hydrogen-bond donors (Lipinski definition) is 2. The molecule has 116 valence electrons. The van der Waals surface area contributed by atoms with Crippen molar-refractivity contribution in [1.29, 1.82) is 0 Å². The smallest absolute Gasteiger partial charge is 0.231 e. The third-order valence-electron chi connectivity index (χ3n) is 4.82. The summed E-state index contributed by atoms with van der Waals surface area (Å²) >= 11 is 0. The molecule has 1 heterocycles. The summed E-state index contributed by atoms with van der Waals surface area (Å²) in [6, 6.07) is 18.0. The Morgan fingerprint density at radius 2 is 1.83 bits per heavy atom. The van der Waals surface area contributed by atoms with E-state index in [0.717, 1.165) is 41.7 Å². The Kier molecular flexibility index (Phi) is 3.37. The van der Waals surface area contributed by atoms with Crippen LogP contribution < -0.4 is 5.32 Å². The fourth-order valence-corrected chi connectivity index (χ4v) is 3.36. The SMILES string of the molecule is O=C(NCc1nc2ccccc2[nH]1)C1(c2ccccc2)CCC1. The summed E-state index contributed by atoms with van der Waals surface area (Å²) in [4.78, 5) is 20.5. The maximum Gasteiger partial charge on any atom is 0.231 e. The fourth-order valence-electron chi connectivity index (χ4n) is 3.36. The van der Waals surface area contributed by atoms with Gasteiger partial charge in [-0.05, 0) is 30.5 Å². The average molecular weight is 305 g/mol. The number of nitrogens with zero attached hydrogens (tertiary/aromatic N) is 1. The van der Waals surface area contributed by atoms with E-state index in [1.54, 1.807) is 0 Å². The van der Waals surface area contributed by atoms with Gasteiger partial charge >= 0.3 is 0 Å². The number of carbonyl (C=O) groups excluding carboxylic acids is 1. The van der Waals surface area contributed by atoms with E-state index < -0.39 is 0 Å². The molecule has 4 heteroatoms. The van der Waals surface area contributed by atoms with Crippen molar-refractivity contribution in [2.75, 3.05) is 0 Å². The van der Waals surface area contributed by atoms with Crippen molar-refractivity contribution in [2.45, 2.75) is 31.2 Å². The number of amides is 1. The van der Waals surface area contributed by atoms with Gasteiger partial charge in [-0.3, -0.25) is 4.79 Å². The number of benzene rings is 2. The van der Waals surface area contributed by atoms with Crippen LogP contribution in [0.3, 0.4) is 0 Å². The van der Waals surface area contributed by atoms with Crippen LogP contribution in [0.15, 0.2) is 54.6 Å². The Balaban J connectivity index is 1.51. The molecule has 0 saturated heterocycles. The lowest BCUT2D eigenvalue weighted by molar-refractivity contribution is -0.130. The third-order valence-corrected chi connectivity index (χ3v) is 4.82. The molecule has 1 saturated carbocycles. The maximum atomic E-state index is 12.8. The van der Waals surface area contributed by atoms with Gasteiger partial charge in [-0.25, -0.2) is 4.98 Å². The Morgan fingerprint density at radius 3 is 2.52 bits per heavy atom. The van der Waals surface area contributed by atoms with Crippen LogP contribution in [0.5, 0.6) is 0 Å². The van der Waals surface area contributed by atoms with Crippen molar-refractivity contribution in [2.24, 2.45) is 0 Å². The van der Waals surface area contributed by atoms with E-state index in [9.17, 15) is 4.79 Å². The van der Waals surface area contributed by atoms with Crippen molar-refractivity contribution in [3.05, 3.63) is 66.0 Å². The minimum atomic E-state index is -0.354.